The van der Waals surface area contributed by atoms with Crippen LogP contribution in [-0.4, -0.2) is 8.07 Å². The minimum absolute atomic E-state index is 0.519. The number of fused-ring (bicyclic) bond motifs is 11. The fraction of sp³-hybridized carbons (Fsp3) is 0.0294. The van der Waals surface area contributed by atoms with Crippen LogP contribution in [0.3, 0.4) is 0 Å². The summed E-state index contributed by atoms with van der Waals surface area (Å²) >= 11 is 1.90. The summed E-state index contributed by atoms with van der Waals surface area (Å²) in [5.41, 5.74) is 15.3. The van der Waals surface area contributed by atoms with Crippen molar-refractivity contribution < 1.29 is 0 Å². The molecular weight excluding hydrogens is 891 g/mol. The fourth-order valence-electron chi connectivity index (χ4n) is 13.1. The van der Waals surface area contributed by atoms with E-state index in [1.54, 1.807) is 0 Å². The second kappa shape index (κ2) is 16.5. The number of hydrogen-bond donors (Lipinski definition) is 0. The molecule has 14 rings (SSSR count). The molecule has 0 atom stereocenters. The van der Waals surface area contributed by atoms with Crippen molar-refractivity contribution in [1.29, 1.82) is 0 Å². The summed E-state index contributed by atoms with van der Waals surface area (Å²) in [5.74, 6) is 0. The van der Waals surface area contributed by atoms with Crippen molar-refractivity contribution in [2.75, 3.05) is 4.90 Å². The zero-order valence-electron chi connectivity index (χ0n) is 39.0. The second-order valence-electron chi connectivity index (χ2n) is 19.0. The minimum atomic E-state index is -2.85. The highest BCUT2D eigenvalue weighted by Gasteiger charge is 2.57. The average Bonchev–Trinajstić information content (AvgIpc) is 3.75. The van der Waals surface area contributed by atoms with E-state index in [-0.39, 0.29) is 0 Å². The number of benzene rings is 11. The standard InChI is InChI=1S/C68H47NSSi/c1-6-24-48(25-7-1)67(49-26-8-2-9-27-49)57-35-17-16-34-55(57)56-44-42-51(46-62(56)67)69(50-28-10-3-11-29-50)52-43-45-59-64(47-52)70-63-39-21-18-36-58(63)68(59)60-37-19-22-40-65(60)71(53-30-12-4-13-31-53,54-32-14-5-15-33-54)66-41-23-20-38-61(66)68/h1-47H. The maximum atomic E-state index is 2.48. The van der Waals surface area contributed by atoms with E-state index < -0.39 is 18.9 Å². The van der Waals surface area contributed by atoms with Crippen molar-refractivity contribution in [3.63, 3.8) is 0 Å². The van der Waals surface area contributed by atoms with Crippen molar-refractivity contribution >= 4 is 57.6 Å². The van der Waals surface area contributed by atoms with Crippen molar-refractivity contribution in [1.82, 2.24) is 0 Å². The Morgan fingerprint density at radius 3 is 1.32 bits per heavy atom. The largest absolute Gasteiger partial charge is 0.310 e. The number of anilines is 3. The highest BCUT2D eigenvalue weighted by molar-refractivity contribution is 7.99. The Kier molecular flexibility index (Phi) is 9.67. The molecule has 11 aromatic carbocycles. The van der Waals surface area contributed by atoms with Crippen molar-refractivity contribution in [2.24, 2.45) is 0 Å². The van der Waals surface area contributed by atoms with Gasteiger partial charge in [0.25, 0.3) is 0 Å². The molecule has 334 valence electrons. The molecule has 1 nitrogen and oxygen atoms in total. The molecule has 0 bridgehead atoms. The molecule has 0 amide bonds. The molecule has 0 saturated carbocycles. The predicted molar refractivity (Wildman–Crippen MR) is 298 cm³/mol. The van der Waals surface area contributed by atoms with Gasteiger partial charge in [-0.2, -0.15) is 0 Å². The lowest BCUT2D eigenvalue weighted by Crippen LogP contribution is -2.79. The molecule has 1 aliphatic carbocycles. The van der Waals surface area contributed by atoms with Crippen LogP contribution >= 0.6 is 11.8 Å². The van der Waals surface area contributed by atoms with Gasteiger partial charge < -0.3 is 4.90 Å². The van der Waals surface area contributed by atoms with Gasteiger partial charge in [-0.1, -0.05) is 254 Å². The van der Waals surface area contributed by atoms with Crippen molar-refractivity contribution in [3.8, 4) is 11.1 Å². The van der Waals surface area contributed by atoms with Gasteiger partial charge in [0.2, 0.25) is 0 Å². The Bertz CT molecular complexity index is 3670. The van der Waals surface area contributed by atoms with E-state index in [0.717, 1.165) is 17.1 Å². The normalized spacial score (nSPS) is 14.8. The van der Waals surface area contributed by atoms with Crippen molar-refractivity contribution in [3.05, 3.63) is 330 Å². The Balaban J connectivity index is 1.02. The van der Waals surface area contributed by atoms with Gasteiger partial charge in [-0.3, -0.25) is 0 Å². The zero-order chi connectivity index (χ0) is 47.0. The lowest BCUT2D eigenvalue weighted by Gasteiger charge is -2.51. The number of rotatable bonds is 7. The van der Waals surface area contributed by atoms with Gasteiger partial charge >= 0.3 is 0 Å². The number of nitrogens with zero attached hydrogens (tertiary/aromatic N) is 1. The van der Waals surface area contributed by atoms with E-state index in [9.17, 15) is 0 Å². The van der Waals surface area contributed by atoms with E-state index in [4.69, 9.17) is 0 Å². The monoisotopic (exact) mass is 937 g/mol. The highest BCUT2D eigenvalue weighted by Crippen LogP contribution is 2.59. The Labute approximate surface area is 421 Å². The minimum Gasteiger partial charge on any atom is -0.310 e. The lowest BCUT2D eigenvalue weighted by atomic mass is 9.64. The van der Waals surface area contributed by atoms with E-state index in [1.807, 2.05) is 11.8 Å². The lowest BCUT2D eigenvalue weighted by molar-refractivity contribution is 0.707. The number of hydrogen-bond acceptors (Lipinski definition) is 2. The van der Waals surface area contributed by atoms with Crippen LogP contribution in [0.5, 0.6) is 0 Å². The molecule has 2 heterocycles. The van der Waals surface area contributed by atoms with Crippen LogP contribution in [0.4, 0.5) is 17.1 Å². The third kappa shape index (κ3) is 5.88. The van der Waals surface area contributed by atoms with Crippen LogP contribution in [0.15, 0.2) is 295 Å². The molecule has 0 N–H and O–H groups in total. The van der Waals surface area contributed by atoms with Gasteiger partial charge in [0, 0.05) is 26.9 Å². The molecule has 0 fully saturated rings. The van der Waals surface area contributed by atoms with Crippen molar-refractivity contribution in [2.45, 2.75) is 20.6 Å². The fourth-order valence-corrected chi connectivity index (χ4v) is 19.6. The zero-order valence-corrected chi connectivity index (χ0v) is 40.8. The van der Waals surface area contributed by atoms with E-state index >= 15 is 0 Å². The van der Waals surface area contributed by atoms with Crippen LogP contribution in [0.25, 0.3) is 11.1 Å². The van der Waals surface area contributed by atoms with Crippen LogP contribution in [0, 0.1) is 0 Å². The third-order valence-corrected chi connectivity index (χ3v) is 21.8. The molecule has 2 aliphatic heterocycles. The maximum absolute atomic E-state index is 2.85. The molecule has 0 unspecified atom stereocenters. The summed E-state index contributed by atoms with van der Waals surface area (Å²) < 4.78 is 0. The summed E-state index contributed by atoms with van der Waals surface area (Å²) in [5, 5.41) is 5.68. The van der Waals surface area contributed by atoms with E-state index in [2.05, 4.69) is 290 Å². The van der Waals surface area contributed by atoms with Gasteiger partial charge in [-0.15, -0.1) is 0 Å². The summed E-state index contributed by atoms with van der Waals surface area (Å²) in [6.07, 6.45) is 0. The van der Waals surface area contributed by atoms with Crippen LogP contribution in [0.1, 0.15) is 44.5 Å². The van der Waals surface area contributed by atoms with Gasteiger partial charge in [-0.05, 0) is 119 Å². The Morgan fingerprint density at radius 2 is 0.718 bits per heavy atom. The van der Waals surface area contributed by atoms with Gasteiger partial charge in [-0.25, -0.2) is 0 Å². The molecule has 3 heteroatoms. The first-order chi connectivity index (χ1) is 35.2. The topological polar surface area (TPSA) is 3.24 Å². The van der Waals surface area contributed by atoms with E-state index in [1.165, 1.54) is 86.2 Å². The molecule has 0 radical (unpaired) electrons. The Hall–Kier alpha value is -8.21. The third-order valence-electron chi connectivity index (χ3n) is 15.7. The molecule has 3 aliphatic rings. The first-order valence-electron chi connectivity index (χ1n) is 24.7. The molecule has 11 aromatic rings. The van der Waals surface area contributed by atoms with Crippen LogP contribution in [0.2, 0.25) is 0 Å². The van der Waals surface area contributed by atoms with Gasteiger partial charge in [0.15, 0.2) is 8.07 Å². The molecule has 1 spiro atoms. The van der Waals surface area contributed by atoms with Crippen LogP contribution < -0.4 is 25.6 Å². The van der Waals surface area contributed by atoms with Gasteiger partial charge in [0.05, 0.1) is 10.8 Å². The first-order valence-corrected chi connectivity index (χ1v) is 27.5. The molecule has 0 saturated heterocycles. The summed E-state index contributed by atoms with van der Waals surface area (Å²) in [7, 11) is -2.85. The number of para-hydroxylation sites is 1. The maximum Gasteiger partial charge on any atom is 0.180 e. The van der Waals surface area contributed by atoms with Crippen LogP contribution in [-0.2, 0) is 10.8 Å². The SMILES string of the molecule is c1ccc(N(c2ccc3c(c2)Sc2ccccc2C32c3ccccc3[Si](c3ccccc3)(c3ccccc3)c3ccccc32)c2ccc3c(c2)C(c2ccccc2)(c2ccccc2)c2ccccc2-3)cc1. The Morgan fingerprint density at radius 1 is 0.282 bits per heavy atom. The predicted octanol–water partition coefficient (Wildman–Crippen LogP) is 14.1. The average molecular weight is 938 g/mol. The summed E-state index contributed by atoms with van der Waals surface area (Å²) in [6, 6.07) is 108. The second-order valence-corrected chi connectivity index (χ2v) is 23.8. The molecular formula is C68H47NSSi. The first kappa shape index (κ1) is 41.7. The van der Waals surface area contributed by atoms with E-state index in [0.29, 0.717) is 0 Å². The highest BCUT2D eigenvalue weighted by atomic mass is 32.2. The molecule has 71 heavy (non-hydrogen) atoms. The smallest absolute Gasteiger partial charge is 0.180 e. The molecule has 0 aromatic heterocycles. The summed E-state index contributed by atoms with van der Waals surface area (Å²) in [6.45, 7) is 0. The quantitative estimate of drug-likeness (QED) is 0.147. The summed E-state index contributed by atoms with van der Waals surface area (Å²) in [4.78, 5) is 5.02. The van der Waals surface area contributed by atoms with Gasteiger partial charge in [0.1, 0.15) is 0 Å².